The first-order chi connectivity index (χ1) is 7.86. The fraction of sp³-hybridized carbons (Fsp3) is 0.667. The van der Waals surface area contributed by atoms with E-state index in [0.29, 0.717) is 0 Å². The van der Waals surface area contributed by atoms with Gasteiger partial charge in [-0.15, -0.1) is 0 Å². The monoisotopic (exact) mass is 237 g/mol. The number of carbonyl (C=O) groups excluding carboxylic acids is 1. The van der Waals surface area contributed by atoms with Crippen LogP contribution in [0.3, 0.4) is 0 Å². The Morgan fingerprint density at radius 3 is 2.47 bits per heavy atom. The van der Waals surface area contributed by atoms with Crippen molar-refractivity contribution in [3.05, 3.63) is 11.6 Å². The number of likely N-dealkylation sites (tertiary alicyclic amines) is 1. The van der Waals surface area contributed by atoms with E-state index in [1.54, 1.807) is 6.08 Å². The van der Waals surface area contributed by atoms with Crippen LogP contribution in [0.25, 0.3) is 0 Å². The van der Waals surface area contributed by atoms with Gasteiger partial charge in [-0.25, -0.2) is 0 Å². The van der Waals surface area contributed by atoms with Crippen molar-refractivity contribution < 1.29 is 9.90 Å². The summed E-state index contributed by atoms with van der Waals surface area (Å²) in [6, 6.07) is 1.82. The number of aliphatic hydroxyl groups excluding tert-OH is 1. The summed E-state index contributed by atoms with van der Waals surface area (Å²) in [6.45, 7) is 5.38. The normalized spacial score (nSPS) is 20.0. The number of nitrogens with two attached hydrogens (primary N) is 1. The van der Waals surface area contributed by atoms with Crippen LogP contribution in [0.15, 0.2) is 11.6 Å². The molecule has 0 saturated carbocycles. The van der Waals surface area contributed by atoms with Gasteiger partial charge in [-0.1, -0.05) is 0 Å². The number of hydrogen-bond donors (Lipinski definition) is 2. The highest BCUT2D eigenvalue weighted by Crippen LogP contribution is 2.23. The Morgan fingerprint density at radius 1 is 1.53 bits per heavy atom. The smallest absolute Gasteiger partial charge is 0.259 e. The lowest BCUT2D eigenvalue weighted by atomic mass is 9.95. The molecule has 0 aromatic heterocycles. The maximum absolute atomic E-state index is 11.0. The number of carbonyl (C=O) groups is 1. The molecule has 94 valence electrons. The summed E-state index contributed by atoms with van der Waals surface area (Å²) in [6.07, 6.45) is 2.80. The van der Waals surface area contributed by atoms with Crippen molar-refractivity contribution in [3.8, 4) is 6.07 Å². The quantitative estimate of drug-likeness (QED) is 0.540. The molecule has 0 radical (unpaired) electrons. The average molecular weight is 237 g/mol. The molecule has 1 saturated heterocycles. The molecule has 1 heterocycles. The molecule has 0 aromatic rings. The number of nitriles is 1. The van der Waals surface area contributed by atoms with Crippen LogP contribution in [0.1, 0.15) is 26.7 Å². The van der Waals surface area contributed by atoms with Crippen LogP contribution in [-0.2, 0) is 4.79 Å². The number of rotatable bonds is 3. The lowest BCUT2D eigenvalue weighted by molar-refractivity contribution is -0.114. The predicted octanol–water partition coefficient (Wildman–Crippen LogP) is 0.157. The summed E-state index contributed by atoms with van der Waals surface area (Å²) in [5.41, 5.74) is 4.70. The van der Waals surface area contributed by atoms with Crippen LogP contribution in [0.2, 0.25) is 0 Å². The van der Waals surface area contributed by atoms with Crippen molar-refractivity contribution in [2.45, 2.75) is 38.3 Å². The first kappa shape index (κ1) is 13.7. The minimum absolute atomic E-state index is 0.0129. The van der Waals surface area contributed by atoms with Crippen molar-refractivity contribution in [1.82, 2.24) is 4.90 Å². The Kier molecular flexibility index (Phi) is 4.27. The summed E-state index contributed by atoms with van der Waals surface area (Å²) in [7, 11) is 0. The van der Waals surface area contributed by atoms with Gasteiger partial charge in [0.1, 0.15) is 11.6 Å². The second-order valence-electron chi connectivity index (χ2n) is 4.91. The zero-order valence-corrected chi connectivity index (χ0v) is 10.3. The largest absolute Gasteiger partial charge is 0.393 e. The molecular weight excluding hydrogens is 218 g/mol. The van der Waals surface area contributed by atoms with Crippen molar-refractivity contribution in [2.24, 2.45) is 5.73 Å². The topological polar surface area (TPSA) is 90.3 Å². The van der Waals surface area contributed by atoms with Gasteiger partial charge >= 0.3 is 0 Å². The van der Waals surface area contributed by atoms with Crippen LogP contribution < -0.4 is 5.73 Å². The molecule has 1 aliphatic heterocycles. The Morgan fingerprint density at radius 2 is 2.06 bits per heavy atom. The van der Waals surface area contributed by atoms with E-state index in [-0.39, 0.29) is 11.7 Å². The van der Waals surface area contributed by atoms with Gasteiger partial charge in [0.15, 0.2) is 0 Å². The third-order valence-electron chi connectivity index (χ3n) is 3.16. The molecule has 1 amide bonds. The summed E-state index contributed by atoms with van der Waals surface area (Å²) in [5.74, 6) is -0.697. The van der Waals surface area contributed by atoms with E-state index in [1.807, 2.05) is 19.9 Å². The Balaban J connectivity index is 2.81. The van der Waals surface area contributed by atoms with Crippen LogP contribution in [0, 0.1) is 11.3 Å². The molecule has 0 aromatic carbocycles. The Labute approximate surface area is 102 Å². The summed E-state index contributed by atoms with van der Waals surface area (Å²) < 4.78 is 0. The van der Waals surface area contributed by atoms with Crippen molar-refractivity contribution in [2.75, 3.05) is 13.1 Å². The molecule has 0 bridgehead atoms. The van der Waals surface area contributed by atoms with Gasteiger partial charge in [0.2, 0.25) is 0 Å². The first-order valence-electron chi connectivity index (χ1n) is 5.72. The third kappa shape index (κ3) is 3.55. The average Bonchev–Trinajstić information content (AvgIpc) is 2.26. The van der Waals surface area contributed by atoms with E-state index in [0.717, 1.165) is 25.9 Å². The minimum atomic E-state index is -0.697. The fourth-order valence-electron chi connectivity index (χ4n) is 2.05. The second kappa shape index (κ2) is 5.30. The van der Waals surface area contributed by atoms with Crippen molar-refractivity contribution in [3.63, 3.8) is 0 Å². The summed E-state index contributed by atoms with van der Waals surface area (Å²) in [4.78, 5) is 13.2. The number of nitrogens with zero attached hydrogens (tertiary/aromatic N) is 2. The maximum Gasteiger partial charge on any atom is 0.259 e. The van der Waals surface area contributed by atoms with Crippen LogP contribution in [0.4, 0.5) is 0 Å². The number of aliphatic hydroxyl groups is 1. The Bertz CT molecular complexity index is 360. The molecule has 5 heteroatoms. The molecule has 0 unspecified atom stereocenters. The van der Waals surface area contributed by atoms with Crippen LogP contribution in [0.5, 0.6) is 0 Å². The number of primary amides is 1. The molecule has 5 nitrogen and oxygen atoms in total. The molecule has 0 aliphatic carbocycles. The summed E-state index contributed by atoms with van der Waals surface area (Å²) >= 11 is 0. The maximum atomic E-state index is 11.0. The van der Waals surface area contributed by atoms with Gasteiger partial charge in [-0.05, 0) is 32.8 Å². The van der Waals surface area contributed by atoms with Crippen LogP contribution >= 0.6 is 0 Å². The standard InChI is InChI=1S/C12H19N3O2/c1-12(2,7-9(8-13)11(14)17)15-5-3-10(16)4-6-15/h7,10,16H,3-6H2,1-2H3,(H2,14,17). The Hall–Kier alpha value is -1.38. The highest BCUT2D eigenvalue weighted by atomic mass is 16.3. The highest BCUT2D eigenvalue weighted by Gasteiger charge is 2.29. The summed E-state index contributed by atoms with van der Waals surface area (Å²) in [5, 5.41) is 18.3. The van der Waals surface area contributed by atoms with Gasteiger partial charge in [0, 0.05) is 18.6 Å². The van der Waals surface area contributed by atoms with Crippen molar-refractivity contribution in [1.29, 1.82) is 5.26 Å². The third-order valence-corrected chi connectivity index (χ3v) is 3.16. The molecule has 1 fully saturated rings. The number of hydrogen-bond acceptors (Lipinski definition) is 4. The molecule has 17 heavy (non-hydrogen) atoms. The molecular formula is C12H19N3O2. The lowest BCUT2D eigenvalue weighted by Crippen LogP contribution is -2.48. The van der Waals surface area contributed by atoms with Gasteiger partial charge in [-0.3, -0.25) is 9.69 Å². The van der Waals surface area contributed by atoms with E-state index in [2.05, 4.69) is 4.90 Å². The number of amides is 1. The lowest BCUT2D eigenvalue weighted by Gasteiger charge is -2.40. The first-order valence-corrected chi connectivity index (χ1v) is 5.72. The van der Waals surface area contributed by atoms with E-state index < -0.39 is 11.4 Å². The zero-order chi connectivity index (χ0) is 13.1. The van der Waals surface area contributed by atoms with Crippen LogP contribution in [-0.4, -0.2) is 40.6 Å². The van der Waals surface area contributed by atoms with Gasteiger partial charge in [-0.2, -0.15) is 5.26 Å². The van der Waals surface area contributed by atoms with E-state index in [1.165, 1.54) is 0 Å². The van der Waals surface area contributed by atoms with E-state index in [9.17, 15) is 9.90 Å². The highest BCUT2D eigenvalue weighted by molar-refractivity contribution is 5.96. The number of piperidine rings is 1. The molecule has 0 spiro atoms. The fourth-order valence-corrected chi connectivity index (χ4v) is 2.05. The second-order valence-corrected chi connectivity index (χ2v) is 4.91. The van der Waals surface area contributed by atoms with Gasteiger partial charge < -0.3 is 10.8 Å². The SMILES string of the molecule is CC(C)(C=C(C#N)C(N)=O)N1CCC(O)CC1. The predicted molar refractivity (Wildman–Crippen MR) is 63.8 cm³/mol. The zero-order valence-electron chi connectivity index (χ0n) is 10.3. The van der Waals surface area contributed by atoms with E-state index >= 15 is 0 Å². The van der Waals surface area contributed by atoms with Crippen molar-refractivity contribution >= 4 is 5.91 Å². The van der Waals surface area contributed by atoms with Gasteiger partial charge in [0.05, 0.1) is 6.10 Å². The minimum Gasteiger partial charge on any atom is -0.393 e. The van der Waals surface area contributed by atoms with E-state index in [4.69, 9.17) is 11.0 Å². The molecule has 1 rings (SSSR count). The van der Waals surface area contributed by atoms with Gasteiger partial charge in [0.25, 0.3) is 5.91 Å². The molecule has 1 aliphatic rings. The molecule has 3 N–H and O–H groups in total. The molecule has 0 atom stereocenters.